The topological polar surface area (TPSA) is 392 Å². The highest BCUT2D eigenvalue weighted by Crippen LogP contribution is 2.20. The van der Waals surface area contributed by atoms with Gasteiger partial charge in [-0.2, -0.15) is 0 Å². The summed E-state index contributed by atoms with van der Waals surface area (Å²) in [7, 11) is 0. The zero-order chi connectivity index (χ0) is 54.6. The van der Waals surface area contributed by atoms with Gasteiger partial charge < -0.3 is 68.8 Å². The number of benzene rings is 4. The van der Waals surface area contributed by atoms with Gasteiger partial charge in [0.25, 0.3) is 0 Å². The summed E-state index contributed by atoms with van der Waals surface area (Å²) in [6.45, 7) is 0. The van der Waals surface area contributed by atoms with Crippen LogP contribution >= 0.6 is 0 Å². The van der Waals surface area contributed by atoms with Gasteiger partial charge in [0.2, 0.25) is 41.4 Å². The number of para-hydroxylation sites is 1. The van der Waals surface area contributed by atoms with E-state index >= 15 is 0 Å². The number of phenolic OH excluding ortho intramolecular Hbond substituents is 1. The highest BCUT2D eigenvalue weighted by atomic mass is 16.4. The number of nitrogens with two attached hydrogens (primary N) is 2. The molecule has 23 nitrogen and oxygen atoms in total. The lowest BCUT2D eigenvalue weighted by molar-refractivity contribution is -0.147. The fraction of sp³-hybridized carbons (Fsp3) is 0.308. The molecule has 23 heteroatoms. The molecule has 0 saturated heterocycles. The van der Waals surface area contributed by atoms with Crippen LogP contribution < -0.4 is 43.4 Å². The molecule has 1 aromatic heterocycles. The molecule has 0 spiro atoms. The van der Waals surface area contributed by atoms with Crippen LogP contribution in [0.4, 0.5) is 0 Å². The largest absolute Gasteiger partial charge is 0.508 e. The highest BCUT2D eigenvalue weighted by molar-refractivity contribution is 5.98. The maximum atomic E-state index is 14.6. The van der Waals surface area contributed by atoms with Crippen molar-refractivity contribution in [2.75, 3.05) is 0 Å². The number of hydrogen-bond donors (Lipinski definition) is 13. The Morgan fingerprint density at radius 3 is 1.39 bits per heavy atom. The van der Waals surface area contributed by atoms with Crippen LogP contribution in [0.3, 0.4) is 0 Å². The second-order valence-corrected chi connectivity index (χ2v) is 17.7. The number of aromatic hydroxyl groups is 1. The van der Waals surface area contributed by atoms with Crippen LogP contribution in [0.5, 0.6) is 5.75 Å². The molecule has 7 atom stereocenters. The average Bonchev–Trinajstić information content (AvgIpc) is 3.78. The highest BCUT2D eigenvalue weighted by Gasteiger charge is 2.35. The third-order valence-electron chi connectivity index (χ3n) is 11.9. The quantitative estimate of drug-likeness (QED) is 0.0301. The van der Waals surface area contributed by atoms with E-state index in [0.717, 1.165) is 0 Å². The molecular weight excluding hydrogens is 975 g/mol. The zero-order valence-electron chi connectivity index (χ0n) is 40.4. The molecule has 7 amide bonds. The van der Waals surface area contributed by atoms with Crippen LogP contribution in [0.1, 0.15) is 54.4 Å². The molecule has 0 fully saturated rings. The molecule has 0 aliphatic carbocycles. The number of aliphatic carboxylic acids is 3. The lowest BCUT2D eigenvalue weighted by atomic mass is 10.00. The molecule has 0 aliphatic rings. The third kappa shape index (κ3) is 18.2. The Balaban J connectivity index is 1.43. The summed E-state index contributed by atoms with van der Waals surface area (Å²) in [4.78, 5) is 135. The van der Waals surface area contributed by atoms with Crippen LogP contribution in [-0.2, 0) is 73.6 Å². The third-order valence-corrected chi connectivity index (χ3v) is 11.9. The fourth-order valence-corrected chi connectivity index (χ4v) is 7.93. The summed E-state index contributed by atoms with van der Waals surface area (Å²) in [6.07, 6.45) is -2.04. The summed E-state index contributed by atoms with van der Waals surface area (Å²) >= 11 is 0. The van der Waals surface area contributed by atoms with Gasteiger partial charge in [0.05, 0.1) is 12.5 Å². The fourth-order valence-electron chi connectivity index (χ4n) is 7.93. The van der Waals surface area contributed by atoms with Crippen LogP contribution in [0.2, 0.25) is 0 Å². The number of carbonyl (C=O) groups excluding carboxylic acids is 7. The van der Waals surface area contributed by atoms with Crippen molar-refractivity contribution in [3.05, 3.63) is 138 Å². The number of carboxylic acid groups (broad SMARTS) is 3. The minimum Gasteiger partial charge on any atom is -0.508 e. The molecular formula is C52H59N9O14. The van der Waals surface area contributed by atoms with E-state index in [4.69, 9.17) is 11.5 Å². The van der Waals surface area contributed by atoms with E-state index in [1.165, 1.54) is 24.3 Å². The average molecular weight is 1030 g/mol. The Morgan fingerprint density at radius 2 is 0.893 bits per heavy atom. The Kier molecular flexibility index (Phi) is 20.9. The van der Waals surface area contributed by atoms with Gasteiger partial charge in [-0.3, -0.25) is 43.2 Å². The molecule has 396 valence electrons. The Labute approximate surface area is 429 Å². The smallest absolute Gasteiger partial charge is 0.326 e. The van der Waals surface area contributed by atoms with Gasteiger partial charge >= 0.3 is 17.9 Å². The summed E-state index contributed by atoms with van der Waals surface area (Å²) in [5.41, 5.74) is 14.3. The number of carbonyl (C=O) groups is 10. The Morgan fingerprint density at radius 1 is 0.467 bits per heavy atom. The summed E-state index contributed by atoms with van der Waals surface area (Å²) < 4.78 is 0. The summed E-state index contributed by atoms with van der Waals surface area (Å²) in [6, 6.07) is 18.6. The lowest BCUT2D eigenvalue weighted by Gasteiger charge is -2.28. The first kappa shape index (κ1) is 56.8. The van der Waals surface area contributed by atoms with Crippen molar-refractivity contribution < 1.29 is 68.4 Å². The van der Waals surface area contributed by atoms with Crippen LogP contribution in [-0.4, -0.2) is 127 Å². The predicted octanol–water partition coefficient (Wildman–Crippen LogP) is 0.0698. The van der Waals surface area contributed by atoms with Crippen molar-refractivity contribution in [3.63, 3.8) is 0 Å². The van der Waals surface area contributed by atoms with Gasteiger partial charge in [0.1, 0.15) is 42.0 Å². The number of primary amides is 1. The molecule has 0 radical (unpaired) electrons. The van der Waals surface area contributed by atoms with Gasteiger partial charge in [0, 0.05) is 49.2 Å². The van der Waals surface area contributed by atoms with Gasteiger partial charge in [-0.25, -0.2) is 4.79 Å². The van der Waals surface area contributed by atoms with E-state index in [-0.39, 0.29) is 37.9 Å². The minimum atomic E-state index is -1.88. The van der Waals surface area contributed by atoms with Gasteiger partial charge in [0.15, 0.2) is 0 Å². The molecule has 5 rings (SSSR count). The van der Waals surface area contributed by atoms with Crippen molar-refractivity contribution in [3.8, 4) is 5.75 Å². The first-order valence-corrected chi connectivity index (χ1v) is 23.7. The van der Waals surface area contributed by atoms with E-state index in [9.17, 15) is 68.4 Å². The standard InChI is InChI=1S/C52H59N9O14/c53-35(23-31-15-17-33(62)18-16-31)46(68)56-37(19-21-43(54)63)47(69)57-38(20-22-44(64)65)48(70)58-39(24-29-9-3-1-4-10-29)49(71)59-40(25-30-11-5-2-6-12-30)50(72)60-41(51(73)61-42(52(74)75)27-45(66)67)26-32-28-55-36-14-8-7-13-34(32)36/h1-18,28,35,37-42,55,62H,19-27,53H2,(H2,54,63)(H,56,68)(H,57,69)(H,58,70)(H,59,71)(H,60,72)(H,61,73)(H,64,65)(H,66,67)(H,74,75). The maximum Gasteiger partial charge on any atom is 0.326 e. The van der Waals surface area contributed by atoms with Crippen molar-refractivity contribution in [1.82, 2.24) is 36.9 Å². The summed E-state index contributed by atoms with van der Waals surface area (Å²) in [5.74, 6) is -11.2. The normalized spacial score (nSPS) is 13.8. The van der Waals surface area contributed by atoms with Gasteiger partial charge in [-0.15, -0.1) is 0 Å². The number of phenols is 1. The number of amides is 7. The Bertz CT molecular complexity index is 2830. The molecule has 0 aliphatic heterocycles. The van der Waals surface area contributed by atoms with Crippen LogP contribution in [0.15, 0.2) is 115 Å². The maximum absolute atomic E-state index is 14.6. The second-order valence-electron chi connectivity index (χ2n) is 17.7. The molecule has 1 heterocycles. The van der Waals surface area contributed by atoms with Gasteiger partial charge in [-0.05, 0) is 59.7 Å². The number of fused-ring (bicyclic) bond motifs is 1. The molecule has 15 N–H and O–H groups in total. The molecule has 5 aromatic rings. The molecule has 0 saturated carbocycles. The SMILES string of the molecule is NC(=O)CCC(NC(=O)C(N)Cc1ccc(O)cc1)C(=O)NC(CCC(=O)O)C(=O)NC(Cc1ccccc1)C(=O)NC(Cc1ccccc1)C(=O)NC(Cc1c[nH]c2ccccc12)C(=O)NC(CC(=O)O)C(=O)O. The monoisotopic (exact) mass is 1030 g/mol. The van der Waals surface area contributed by atoms with Crippen molar-refractivity contribution in [1.29, 1.82) is 0 Å². The number of hydrogen-bond acceptors (Lipinski definition) is 12. The number of carboxylic acids is 3. The molecule has 4 aromatic carbocycles. The predicted molar refractivity (Wildman–Crippen MR) is 269 cm³/mol. The number of aromatic amines is 1. The molecule has 75 heavy (non-hydrogen) atoms. The number of H-pyrrole nitrogens is 1. The Hall–Kier alpha value is -9.12. The van der Waals surface area contributed by atoms with E-state index < -0.39 is 127 Å². The molecule has 0 bridgehead atoms. The van der Waals surface area contributed by atoms with E-state index in [0.29, 0.717) is 33.2 Å². The second kappa shape index (κ2) is 27.6. The zero-order valence-corrected chi connectivity index (χ0v) is 40.4. The van der Waals surface area contributed by atoms with Crippen LogP contribution in [0.25, 0.3) is 10.9 Å². The van der Waals surface area contributed by atoms with E-state index in [1.807, 2.05) is 0 Å². The molecule has 7 unspecified atom stereocenters. The summed E-state index contributed by atoms with van der Waals surface area (Å²) in [5, 5.41) is 54.0. The number of nitrogens with one attached hydrogen (secondary N) is 7. The minimum absolute atomic E-state index is 0.0222. The van der Waals surface area contributed by atoms with Crippen LogP contribution in [0, 0.1) is 0 Å². The van der Waals surface area contributed by atoms with Crippen molar-refractivity contribution in [2.45, 2.75) is 100 Å². The first-order chi connectivity index (χ1) is 35.8. The lowest BCUT2D eigenvalue weighted by Crippen LogP contribution is -2.60. The van der Waals surface area contributed by atoms with E-state index in [1.54, 1.807) is 91.1 Å². The van der Waals surface area contributed by atoms with Crippen molar-refractivity contribution in [2.24, 2.45) is 11.5 Å². The van der Waals surface area contributed by atoms with E-state index in [2.05, 4.69) is 36.9 Å². The van der Waals surface area contributed by atoms with Gasteiger partial charge in [-0.1, -0.05) is 91.0 Å². The van der Waals surface area contributed by atoms with Crippen molar-refractivity contribution >= 4 is 70.2 Å². The number of aromatic nitrogens is 1. The number of rotatable bonds is 29. The first-order valence-electron chi connectivity index (χ1n) is 23.7.